The summed E-state index contributed by atoms with van der Waals surface area (Å²) in [5, 5.41) is 2.75. The standard InChI is InChI=1S/C24H24FN3O3/c25-20-4-2-1-3-17(20)13-26-23(30)18-12-22(29)28(14-18)19-7-8-21-16(11-19)9-10-27(21)24(31)15-5-6-15/h1-4,7-8,11,15,18H,5-6,9-10,12-14H2,(H,26,30)/t18-/m1/s1. The second kappa shape index (κ2) is 7.80. The lowest BCUT2D eigenvalue weighted by Gasteiger charge is -2.20. The van der Waals surface area contributed by atoms with E-state index < -0.39 is 5.92 Å². The second-order valence-electron chi connectivity index (χ2n) is 8.54. The van der Waals surface area contributed by atoms with Crippen LogP contribution in [0.1, 0.15) is 30.4 Å². The molecular formula is C24H24FN3O3. The molecule has 7 heteroatoms. The molecule has 2 aromatic carbocycles. The molecule has 0 radical (unpaired) electrons. The average molecular weight is 421 g/mol. The molecule has 3 amide bonds. The number of nitrogens with zero attached hydrogens (tertiary/aromatic N) is 2. The van der Waals surface area contributed by atoms with Gasteiger partial charge >= 0.3 is 0 Å². The number of benzene rings is 2. The lowest BCUT2D eigenvalue weighted by Crippen LogP contribution is -2.32. The molecule has 0 unspecified atom stereocenters. The van der Waals surface area contributed by atoms with Crippen molar-refractivity contribution in [1.82, 2.24) is 5.32 Å². The number of rotatable bonds is 5. The average Bonchev–Trinajstić information content (AvgIpc) is 3.43. The van der Waals surface area contributed by atoms with E-state index in [0.29, 0.717) is 18.7 Å². The first-order chi connectivity index (χ1) is 15.0. The fourth-order valence-electron chi connectivity index (χ4n) is 4.44. The van der Waals surface area contributed by atoms with E-state index in [0.717, 1.165) is 36.2 Å². The summed E-state index contributed by atoms with van der Waals surface area (Å²) in [6, 6.07) is 12.0. The summed E-state index contributed by atoms with van der Waals surface area (Å²) >= 11 is 0. The Balaban J connectivity index is 1.24. The van der Waals surface area contributed by atoms with Gasteiger partial charge in [0.05, 0.1) is 5.92 Å². The Bertz CT molecular complexity index is 1070. The Labute approximate surface area is 180 Å². The predicted molar refractivity (Wildman–Crippen MR) is 114 cm³/mol. The van der Waals surface area contributed by atoms with Crippen LogP contribution in [0.3, 0.4) is 0 Å². The zero-order chi connectivity index (χ0) is 21.5. The first kappa shape index (κ1) is 19.7. The van der Waals surface area contributed by atoms with Gasteiger partial charge in [-0.3, -0.25) is 14.4 Å². The molecule has 0 bridgehead atoms. The van der Waals surface area contributed by atoms with Crippen LogP contribution >= 0.6 is 0 Å². The van der Waals surface area contributed by atoms with Gasteiger partial charge in [-0.25, -0.2) is 4.39 Å². The van der Waals surface area contributed by atoms with Gasteiger partial charge in [0.15, 0.2) is 0 Å². The molecule has 2 aliphatic heterocycles. The zero-order valence-corrected chi connectivity index (χ0v) is 17.1. The molecule has 1 aliphatic carbocycles. The van der Waals surface area contributed by atoms with Gasteiger partial charge in [-0.15, -0.1) is 0 Å². The maximum Gasteiger partial charge on any atom is 0.230 e. The Morgan fingerprint density at radius 3 is 2.68 bits per heavy atom. The molecule has 31 heavy (non-hydrogen) atoms. The van der Waals surface area contributed by atoms with E-state index >= 15 is 0 Å². The summed E-state index contributed by atoms with van der Waals surface area (Å²) in [5.74, 6) is -0.805. The van der Waals surface area contributed by atoms with Crippen molar-refractivity contribution < 1.29 is 18.8 Å². The van der Waals surface area contributed by atoms with Crippen molar-refractivity contribution in [2.45, 2.75) is 32.2 Å². The van der Waals surface area contributed by atoms with Crippen LogP contribution in [0, 0.1) is 17.7 Å². The van der Waals surface area contributed by atoms with E-state index in [9.17, 15) is 18.8 Å². The third-order valence-electron chi connectivity index (χ3n) is 6.37. The van der Waals surface area contributed by atoms with Crippen molar-refractivity contribution in [3.63, 3.8) is 0 Å². The molecule has 2 fully saturated rings. The number of anilines is 2. The van der Waals surface area contributed by atoms with E-state index in [1.165, 1.54) is 6.07 Å². The number of halogens is 1. The molecule has 0 spiro atoms. The second-order valence-corrected chi connectivity index (χ2v) is 8.54. The molecule has 160 valence electrons. The van der Waals surface area contributed by atoms with Crippen LogP contribution in [0.15, 0.2) is 42.5 Å². The van der Waals surface area contributed by atoms with E-state index in [1.54, 1.807) is 23.1 Å². The zero-order valence-electron chi connectivity index (χ0n) is 17.1. The maximum atomic E-state index is 13.8. The van der Waals surface area contributed by atoms with Gasteiger partial charge in [0.25, 0.3) is 0 Å². The highest BCUT2D eigenvalue weighted by molar-refractivity contribution is 6.02. The van der Waals surface area contributed by atoms with Crippen LogP contribution in [-0.2, 0) is 27.3 Å². The number of hydrogen-bond donors (Lipinski definition) is 1. The molecule has 1 saturated heterocycles. The number of fused-ring (bicyclic) bond motifs is 1. The molecule has 1 saturated carbocycles. The molecule has 6 nitrogen and oxygen atoms in total. The van der Waals surface area contributed by atoms with Crippen molar-refractivity contribution in [3.8, 4) is 0 Å². The molecule has 1 atom stereocenters. The van der Waals surface area contributed by atoms with E-state index in [2.05, 4.69) is 5.32 Å². The summed E-state index contributed by atoms with van der Waals surface area (Å²) in [5.41, 5.74) is 3.17. The minimum absolute atomic E-state index is 0.0971. The predicted octanol–water partition coefficient (Wildman–Crippen LogP) is 2.79. The van der Waals surface area contributed by atoms with Crippen LogP contribution in [0.5, 0.6) is 0 Å². The third-order valence-corrected chi connectivity index (χ3v) is 6.37. The largest absolute Gasteiger partial charge is 0.352 e. The number of carbonyl (C=O) groups is 3. The van der Waals surface area contributed by atoms with E-state index in [4.69, 9.17) is 0 Å². The van der Waals surface area contributed by atoms with Crippen molar-refractivity contribution >= 4 is 29.1 Å². The topological polar surface area (TPSA) is 69.7 Å². The van der Waals surface area contributed by atoms with Crippen molar-refractivity contribution in [1.29, 1.82) is 0 Å². The Morgan fingerprint density at radius 2 is 1.90 bits per heavy atom. The highest BCUT2D eigenvalue weighted by Gasteiger charge is 2.38. The monoisotopic (exact) mass is 421 g/mol. The summed E-state index contributed by atoms with van der Waals surface area (Å²) in [6.07, 6.45) is 2.86. The SMILES string of the molecule is O=C(NCc1ccccc1F)[C@@H]1CC(=O)N(c2ccc3c(c2)CCN3C(=O)C2CC2)C1. The lowest BCUT2D eigenvalue weighted by molar-refractivity contribution is -0.126. The Hall–Kier alpha value is -3.22. The first-order valence-electron chi connectivity index (χ1n) is 10.8. The first-order valence-corrected chi connectivity index (χ1v) is 10.8. The minimum atomic E-state index is -0.472. The third kappa shape index (κ3) is 3.80. The van der Waals surface area contributed by atoms with Crippen LogP contribution in [-0.4, -0.2) is 30.8 Å². The highest BCUT2D eigenvalue weighted by atomic mass is 19.1. The fraction of sp³-hybridized carbons (Fsp3) is 0.375. The van der Waals surface area contributed by atoms with Crippen molar-refractivity contribution in [3.05, 3.63) is 59.4 Å². The van der Waals surface area contributed by atoms with Crippen molar-refractivity contribution in [2.24, 2.45) is 11.8 Å². The van der Waals surface area contributed by atoms with Gasteiger partial charge in [0.1, 0.15) is 5.82 Å². The summed E-state index contributed by atoms with van der Waals surface area (Å²) in [4.78, 5) is 41.1. The summed E-state index contributed by atoms with van der Waals surface area (Å²) in [6.45, 7) is 1.08. The maximum absolute atomic E-state index is 13.8. The van der Waals surface area contributed by atoms with Gasteiger partial charge in [0.2, 0.25) is 17.7 Å². The van der Waals surface area contributed by atoms with Gasteiger partial charge in [-0.05, 0) is 49.1 Å². The molecular weight excluding hydrogens is 397 g/mol. The summed E-state index contributed by atoms with van der Waals surface area (Å²) < 4.78 is 13.8. The number of amides is 3. The minimum Gasteiger partial charge on any atom is -0.352 e. The summed E-state index contributed by atoms with van der Waals surface area (Å²) in [7, 11) is 0. The quantitative estimate of drug-likeness (QED) is 0.807. The Morgan fingerprint density at radius 1 is 1.10 bits per heavy atom. The number of carbonyl (C=O) groups excluding carboxylic acids is 3. The highest BCUT2D eigenvalue weighted by Crippen LogP contribution is 2.38. The molecule has 2 aromatic rings. The van der Waals surface area contributed by atoms with Gasteiger partial charge in [-0.2, -0.15) is 0 Å². The molecule has 2 heterocycles. The van der Waals surface area contributed by atoms with Crippen LogP contribution < -0.4 is 15.1 Å². The van der Waals surface area contributed by atoms with Gasteiger partial charge in [-0.1, -0.05) is 18.2 Å². The van der Waals surface area contributed by atoms with E-state index in [1.807, 2.05) is 23.1 Å². The number of hydrogen-bond acceptors (Lipinski definition) is 3. The normalized spacial score (nSPS) is 20.2. The van der Waals surface area contributed by atoms with Gasteiger partial charge in [0, 0.05) is 48.9 Å². The fourth-order valence-corrected chi connectivity index (χ4v) is 4.44. The van der Waals surface area contributed by atoms with Crippen LogP contribution in [0.2, 0.25) is 0 Å². The van der Waals surface area contributed by atoms with E-state index in [-0.39, 0.29) is 42.4 Å². The molecule has 1 N–H and O–H groups in total. The lowest BCUT2D eigenvalue weighted by atomic mass is 10.1. The van der Waals surface area contributed by atoms with Crippen molar-refractivity contribution in [2.75, 3.05) is 22.9 Å². The molecule has 5 rings (SSSR count). The van der Waals surface area contributed by atoms with Crippen LogP contribution in [0.4, 0.5) is 15.8 Å². The Kier molecular flexibility index (Phi) is 4.96. The smallest absolute Gasteiger partial charge is 0.230 e. The van der Waals surface area contributed by atoms with Crippen LogP contribution in [0.25, 0.3) is 0 Å². The number of nitrogens with one attached hydrogen (secondary N) is 1. The molecule has 0 aromatic heterocycles. The van der Waals surface area contributed by atoms with Gasteiger partial charge < -0.3 is 15.1 Å². The molecule has 3 aliphatic rings.